The first-order valence-corrected chi connectivity index (χ1v) is 6.47. The van der Waals surface area contributed by atoms with Gasteiger partial charge in [0.2, 0.25) is 0 Å². The molecule has 0 radical (unpaired) electrons. The number of carbonyl (C=O) groups is 1. The summed E-state index contributed by atoms with van der Waals surface area (Å²) in [5.74, 6) is 1.37. The lowest BCUT2D eigenvalue weighted by molar-refractivity contribution is 0.215. The summed E-state index contributed by atoms with van der Waals surface area (Å²) in [6.07, 6.45) is -0.643. The first-order chi connectivity index (χ1) is 10.1. The van der Waals surface area contributed by atoms with Crippen LogP contribution in [0.1, 0.15) is 0 Å². The minimum atomic E-state index is -0.643. The fraction of sp³-hybridized carbons (Fsp3) is 0.133. The van der Waals surface area contributed by atoms with Gasteiger partial charge in [0, 0.05) is 12.1 Å². The monoisotopic (exact) mass is 307 g/mol. The summed E-state index contributed by atoms with van der Waals surface area (Å²) in [6.45, 7) is 0. The Kier molecular flexibility index (Phi) is 4.90. The maximum absolute atomic E-state index is 11.8. The van der Waals surface area contributed by atoms with Gasteiger partial charge in [-0.15, -0.1) is 0 Å². The van der Waals surface area contributed by atoms with Crippen LogP contribution < -0.4 is 19.5 Å². The first-order valence-electron chi connectivity index (χ1n) is 6.09. The highest BCUT2D eigenvalue weighted by Gasteiger charge is 2.13. The molecule has 0 atom stereocenters. The lowest BCUT2D eigenvalue weighted by Crippen LogP contribution is -2.17. The van der Waals surface area contributed by atoms with E-state index in [1.165, 1.54) is 14.2 Å². The van der Waals surface area contributed by atoms with Crippen molar-refractivity contribution in [2.75, 3.05) is 19.5 Å². The summed E-state index contributed by atoms with van der Waals surface area (Å²) in [5, 5.41) is 2.87. The highest BCUT2D eigenvalue weighted by atomic mass is 35.5. The van der Waals surface area contributed by atoms with Crippen LogP contribution in [0, 0.1) is 0 Å². The van der Waals surface area contributed by atoms with Gasteiger partial charge in [-0.1, -0.05) is 29.8 Å². The zero-order chi connectivity index (χ0) is 15.2. The van der Waals surface area contributed by atoms with Crippen LogP contribution in [-0.2, 0) is 0 Å². The highest BCUT2D eigenvalue weighted by molar-refractivity contribution is 6.33. The van der Waals surface area contributed by atoms with E-state index < -0.39 is 6.09 Å². The summed E-state index contributed by atoms with van der Waals surface area (Å²) in [6, 6.07) is 11.8. The van der Waals surface area contributed by atoms with Gasteiger partial charge in [0.15, 0.2) is 11.5 Å². The molecule has 6 heteroatoms. The van der Waals surface area contributed by atoms with Crippen LogP contribution in [0.25, 0.3) is 0 Å². The second-order valence-corrected chi connectivity index (χ2v) is 4.42. The van der Waals surface area contributed by atoms with Crippen molar-refractivity contribution in [2.45, 2.75) is 0 Å². The van der Waals surface area contributed by atoms with E-state index >= 15 is 0 Å². The Labute approximate surface area is 127 Å². The van der Waals surface area contributed by atoms with E-state index in [0.29, 0.717) is 28.0 Å². The number of amides is 1. The molecule has 1 amide bonds. The molecule has 21 heavy (non-hydrogen) atoms. The van der Waals surface area contributed by atoms with E-state index in [-0.39, 0.29) is 0 Å². The molecule has 2 aromatic rings. The number of halogens is 1. The number of nitrogens with one attached hydrogen (secondary N) is 1. The Balaban J connectivity index is 2.14. The number of benzene rings is 2. The lowest BCUT2D eigenvalue weighted by atomic mass is 10.2. The van der Waals surface area contributed by atoms with Crippen LogP contribution in [0.4, 0.5) is 10.5 Å². The Morgan fingerprint density at radius 3 is 2.29 bits per heavy atom. The highest BCUT2D eigenvalue weighted by Crippen LogP contribution is 2.36. The molecule has 1 N–H and O–H groups in total. The zero-order valence-corrected chi connectivity index (χ0v) is 12.3. The van der Waals surface area contributed by atoms with Crippen molar-refractivity contribution in [1.29, 1.82) is 0 Å². The maximum atomic E-state index is 11.8. The standard InChI is InChI=1S/C15H14ClNO4/c1-19-13-8-11(16)12(9-14(13)20-2)17-15(18)21-10-6-4-3-5-7-10/h3-9H,1-2H3,(H,17,18). The second-order valence-electron chi connectivity index (χ2n) is 4.01. The van der Waals surface area contributed by atoms with Crippen molar-refractivity contribution in [1.82, 2.24) is 0 Å². The molecule has 0 unspecified atom stereocenters. The van der Waals surface area contributed by atoms with Gasteiger partial charge < -0.3 is 14.2 Å². The molecular weight excluding hydrogens is 294 g/mol. The Morgan fingerprint density at radius 1 is 1.05 bits per heavy atom. The summed E-state index contributed by atoms with van der Waals surface area (Å²) in [7, 11) is 3.00. The molecule has 110 valence electrons. The predicted molar refractivity (Wildman–Crippen MR) is 80.6 cm³/mol. The van der Waals surface area contributed by atoms with Gasteiger partial charge in [-0.3, -0.25) is 5.32 Å². The second kappa shape index (κ2) is 6.85. The first kappa shape index (κ1) is 15.0. The molecular formula is C15H14ClNO4. The molecule has 0 aliphatic carbocycles. The third kappa shape index (κ3) is 3.79. The van der Waals surface area contributed by atoms with Crippen molar-refractivity contribution < 1.29 is 19.0 Å². The fourth-order valence-electron chi connectivity index (χ4n) is 1.68. The predicted octanol–water partition coefficient (Wildman–Crippen LogP) is 3.97. The van der Waals surface area contributed by atoms with Gasteiger partial charge in [-0.25, -0.2) is 4.79 Å². The summed E-state index contributed by atoms with van der Waals surface area (Å²) < 4.78 is 15.4. The topological polar surface area (TPSA) is 56.8 Å². The quantitative estimate of drug-likeness (QED) is 0.928. The lowest BCUT2D eigenvalue weighted by Gasteiger charge is -2.12. The largest absolute Gasteiger partial charge is 0.493 e. The average molecular weight is 308 g/mol. The minimum absolute atomic E-state index is 0.317. The molecule has 0 saturated heterocycles. The van der Waals surface area contributed by atoms with Crippen LogP contribution >= 0.6 is 11.6 Å². The normalized spacial score (nSPS) is 9.86. The molecule has 0 saturated carbocycles. The third-order valence-corrected chi connectivity index (χ3v) is 2.98. The number of ether oxygens (including phenoxy) is 3. The number of methoxy groups -OCH3 is 2. The molecule has 0 heterocycles. The van der Waals surface area contributed by atoms with Crippen LogP contribution in [-0.4, -0.2) is 20.3 Å². The number of rotatable bonds is 4. The van der Waals surface area contributed by atoms with Gasteiger partial charge >= 0.3 is 6.09 Å². The van der Waals surface area contributed by atoms with Crippen molar-refractivity contribution >= 4 is 23.4 Å². The van der Waals surface area contributed by atoms with Crippen molar-refractivity contribution in [3.63, 3.8) is 0 Å². The van der Waals surface area contributed by atoms with E-state index in [0.717, 1.165) is 0 Å². The van der Waals surface area contributed by atoms with Gasteiger partial charge in [-0.05, 0) is 12.1 Å². The number of para-hydroxylation sites is 1. The van der Waals surface area contributed by atoms with Crippen LogP contribution in [0.3, 0.4) is 0 Å². The van der Waals surface area contributed by atoms with Gasteiger partial charge in [0.05, 0.1) is 24.9 Å². The molecule has 0 aliphatic heterocycles. The Hall–Kier alpha value is -2.40. The molecule has 2 rings (SSSR count). The van der Waals surface area contributed by atoms with E-state index in [2.05, 4.69) is 5.32 Å². The zero-order valence-electron chi connectivity index (χ0n) is 11.6. The van der Waals surface area contributed by atoms with Crippen LogP contribution in [0.5, 0.6) is 17.2 Å². The number of anilines is 1. The summed E-state index contributed by atoms with van der Waals surface area (Å²) in [4.78, 5) is 11.8. The summed E-state index contributed by atoms with van der Waals surface area (Å²) in [5.41, 5.74) is 0.371. The molecule has 0 fully saturated rings. The number of hydrogen-bond acceptors (Lipinski definition) is 4. The SMILES string of the molecule is COc1cc(Cl)c(NC(=O)Oc2ccccc2)cc1OC. The number of carbonyl (C=O) groups excluding carboxylic acids is 1. The summed E-state index contributed by atoms with van der Waals surface area (Å²) >= 11 is 6.08. The van der Waals surface area contributed by atoms with Crippen molar-refractivity contribution in [3.8, 4) is 17.2 Å². The van der Waals surface area contributed by atoms with E-state index in [1.807, 2.05) is 6.07 Å². The molecule has 0 aromatic heterocycles. The molecule has 5 nitrogen and oxygen atoms in total. The Bertz CT molecular complexity index is 631. The fourth-order valence-corrected chi connectivity index (χ4v) is 1.88. The van der Waals surface area contributed by atoms with Gasteiger partial charge in [0.25, 0.3) is 0 Å². The molecule has 2 aromatic carbocycles. The number of hydrogen-bond donors (Lipinski definition) is 1. The van der Waals surface area contributed by atoms with Gasteiger partial charge in [0.1, 0.15) is 5.75 Å². The van der Waals surface area contributed by atoms with E-state index in [1.54, 1.807) is 36.4 Å². The van der Waals surface area contributed by atoms with Crippen molar-refractivity contribution in [2.24, 2.45) is 0 Å². The van der Waals surface area contributed by atoms with E-state index in [4.69, 9.17) is 25.8 Å². The third-order valence-electron chi connectivity index (χ3n) is 2.66. The molecule has 0 aliphatic rings. The van der Waals surface area contributed by atoms with Crippen LogP contribution in [0.2, 0.25) is 5.02 Å². The molecule has 0 spiro atoms. The molecule has 0 bridgehead atoms. The Morgan fingerprint density at radius 2 is 1.67 bits per heavy atom. The maximum Gasteiger partial charge on any atom is 0.417 e. The minimum Gasteiger partial charge on any atom is -0.493 e. The average Bonchev–Trinajstić information content (AvgIpc) is 2.49. The van der Waals surface area contributed by atoms with Crippen molar-refractivity contribution in [3.05, 3.63) is 47.5 Å². The van der Waals surface area contributed by atoms with Gasteiger partial charge in [-0.2, -0.15) is 0 Å². The smallest absolute Gasteiger partial charge is 0.417 e. The van der Waals surface area contributed by atoms with Crippen LogP contribution in [0.15, 0.2) is 42.5 Å². The van der Waals surface area contributed by atoms with E-state index in [9.17, 15) is 4.79 Å².